The number of hydrogen-bond acceptors (Lipinski definition) is 5. The SMILES string of the molecule is COc1ccc(CN(CCN(C)C)Cc2cccnc2)c(OC)c1. The maximum Gasteiger partial charge on any atom is 0.127 e. The predicted octanol–water partition coefficient (Wildman–Crippen LogP) is 2.66. The molecule has 2 rings (SSSR count). The van der Waals surface area contributed by atoms with E-state index in [0.717, 1.165) is 43.2 Å². The van der Waals surface area contributed by atoms with E-state index >= 15 is 0 Å². The van der Waals surface area contributed by atoms with Gasteiger partial charge >= 0.3 is 0 Å². The summed E-state index contributed by atoms with van der Waals surface area (Å²) in [6.07, 6.45) is 3.73. The van der Waals surface area contributed by atoms with E-state index in [1.54, 1.807) is 20.4 Å². The van der Waals surface area contributed by atoms with Crippen molar-refractivity contribution in [3.8, 4) is 11.5 Å². The summed E-state index contributed by atoms with van der Waals surface area (Å²) in [5.74, 6) is 1.66. The lowest BCUT2D eigenvalue weighted by Crippen LogP contribution is -2.31. The molecule has 0 N–H and O–H groups in total. The smallest absolute Gasteiger partial charge is 0.127 e. The highest BCUT2D eigenvalue weighted by molar-refractivity contribution is 5.40. The summed E-state index contributed by atoms with van der Waals surface area (Å²) < 4.78 is 10.8. The van der Waals surface area contributed by atoms with Crippen LogP contribution in [0.4, 0.5) is 0 Å². The second-order valence-corrected chi connectivity index (χ2v) is 6.05. The molecule has 1 heterocycles. The van der Waals surface area contributed by atoms with Gasteiger partial charge in [-0.15, -0.1) is 0 Å². The summed E-state index contributed by atoms with van der Waals surface area (Å²) in [5.41, 5.74) is 2.37. The van der Waals surface area contributed by atoms with E-state index < -0.39 is 0 Å². The fraction of sp³-hybridized carbons (Fsp3) is 0.421. The third kappa shape index (κ3) is 5.51. The molecule has 0 fully saturated rings. The van der Waals surface area contributed by atoms with Gasteiger partial charge in [0.15, 0.2) is 0 Å². The minimum Gasteiger partial charge on any atom is -0.497 e. The number of hydrogen-bond donors (Lipinski definition) is 0. The zero-order valence-electron chi connectivity index (χ0n) is 15.0. The second kappa shape index (κ2) is 9.25. The molecular formula is C19H27N3O2. The molecule has 0 aliphatic carbocycles. The Morgan fingerprint density at radius 3 is 2.46 bits per heavy atom. The van der Waals surface area contributed by atoms with Gasteiger partial charge in [-0.3, -0.25) is 9.88 Å². The number of ether oxygens (including phenoxy) is 2. The third-order valence-electron chi connectivity index (χ3n) is 3.88. The van der Waals surface area contributed by atoms with Gasteiger partial charge in [0.25, 0.3) is 0 Å². The Balaban J connectivity index is 2.14. The van der Waals surface area contributed by atoms with Crippen LogP contribution in [0.15, 0.2) is 42.7 Å². The third-order valence-corrected chi connectivity index (χ3v) is 3.88. The molecule has 0 aliphatic rings. The lowest BCUT2D eigenvalue weighted by Gasteiger charge is -2.25. The molecule has 24 heavy (non-hydrogen) atoms. The number of methoxy groups -OCH3 is 2. The van der Waals surface area contributed by atoms with Crippen molar-refractivity contribution in [1.29, 1.82) is 0 Å². The molecule has 5 heteroatoms. The number of benzene rings is 1. The molecule has 1 aromatic carbocycles. The normalized spacial score (nSPS) is 11.1. The van der Waals surface area contributed by atoms with E-state index in [2.05, 4.69) is 41.0 Å². The Hall–Kier alpha value is -2.11. The largest absolute Gasteiger partial charge is 0.497 e. The lowest BCUT2D eigenvalue weighted by molar-refractivity contribution is 0.223. The van der Waals surface area contributed by atoms with Crippen LogP contribution in [0.1, 0.15) is 11.1 Å². The van der Waals surface area contributed by atoms with Crippen LogP contribution >= 0.6 is 0 Å². The quantitative estimate of drug-likeness (QED) is 0.707. The Kier molecular flexibility index (Phi) is 7.03. The first-order chi connectivity index (χ1) is 11.6. The minimum absolute atomic E-state index is 0.808. The van der Waals surface area contributed by atoms with Crippen LogP contribution < -0.4 is 9.47 Å². The zero-order chi connectivity index (χ0) is 17.4. The van der Waals surface area contributed by atoms with Crippen LogP contribution in [0.2, 0.25) is 0 Å². The van der Waals surface area contributed by atoms with Gasteiger partial charge in [-0.2, -0.15) is 0 Å². The molecule has 0 spiro atoms. The highest BCUT2D eigenvalue weighted by Gasteiger charge is 2.12. The first-order valence-corrected chi connectivity index (χ1v) is 8.09. The standard InChI is InChI=1S/C19H27N3O2/c1-21(2)10-11-22(14-16-6-5-9-20-13-16)15-17-7-8-18(23-3)12-19(17)24-4/h5-9,12-13H,10-11,14-15H2,1-4H3. The highest BCUT2D eigenvalue weighted by atomic mass is 16.5. The van der Waals surface area contributed by atoms with Crippen molar-refractivity contribution < 1.29 is 9.47 Å². The Labute approximate surface area is 144 Å². The first kappa shape index (κ1) is 18.2. The van der Waals surface area contributed by atoms with E-state index in [1.807, 2.05) is 24.4 Å². The molecule has 0 saturated carbocycles. The molecule has 0 unspecified atom stereocenters. The summed E-state index contributed by atoms with van der Waals surface area (Å²) in [7, 11) is 7.55. The number of pyridine rings is 1. The van der Waals surface area contributed by atoms with Gasteiger partial charge in [0.05, 0.1) is 14.2 Å². The Bertz CT molecular complexity index is 617. The average molecular weight is 329 g/mol. The number of rotatable bonds is 9. The summed E-state index contributed by atoms with van der Waals surface area (Å²) in [4.78, 5) is 8.82. The van der Waals surface area contributed by atoms with E-state index in [-0.39, 0.29) is 0 Å². The Morgan fingerprint density at radius 2 is 1.83 bits per heavy atom. The number of likely N-dealkylation sites (N-methyl/N-ethyl adjacent to an activating group) is 1. The van der Waals surface area contributed by atoms with Crippen molar-refractivity contribution in [3.63, 3.8) is 0 Å². The van der Waals surface area contributed by atoms with E-state index in [1.165, 1.54) is 5.56 Å². The van der Waals surface area contributed by atoms with Crippen LogP contribution in [0.5, 0.6) is 11.5 Å². The molecule has 2 aromatic rings. The van der Waals surface area contributed by atoms with Crippen molar-refractivity contribution >= 4 is 0 Å². The minimum atomic E-state index is 0.808. The molecule has 130 valence electrons. The maximum atomic E-state index is 5.54. The van der Waals surface area contributed by atoms with Gasteiger partial charge in [0, 0.05) is 50.2 Å². The van der Waals surface area contributed by atoms with Crippen LogP contribution in [0, 0.1) is 0 Å². The topological polar surface area (TPSA) is 37.8 Å². The van der Waals surface area contributed by atoms with Gasteiger partial charge in [-0.05, 0) is 31.8 Å². The van der Waals surface area contributed by atoms with Crippen molar-refractivity contribution in [2.45, 2.75) is 13.1 Å². The monoisotopic (exact) mass is 329 g/mol. The summed E-state index contributed by atoms with van der Waals surface area (Å²) in [6.45, 7) is 3.64. The van der Waals surface area contributed by atoms with Gasteiger partial charge in [0.1, 0.15) is 11.5 Å². The van der Waals surface area contributed by atoms with Crippen molar-refractivity contribution in [2.75, 3.05) is 41.4 Å². The molecule has 5 nitrogen and oxygen atoms in total. The Morgan fingerprint density at radius 1 is 1.00 bits per heavy atom. The van der Waals surface area contributed by atoms with Gasteiger partial charge in [-0.1, -0.05) is 12.1 Å². The molecule has 1 aromatic heterocycles. The van der Waals surface area contributed by atoms with Gasteiger partial charge in [0.2, 0.25) is 0 Å². The van der Waals surface area contributed by atoms with E-state index in [0.29, 0.717) is 0 Å². The second-order valence-electron chi connectivity index (χ2n) is 6.05. The summed E-state index contributed by atoms with van der Waals surface area (Å²) in [6, 6.07) is 10.1. The molecular weight excluding hydrogens is 302 g/mol. The van der Waals surface area contributed by atoms with E-state index in [9.17, 15) is 0 Å². The lowest BCUT2D eigenvalue weighted by atomic mass is 10.1. The molecule has 0 radical (unpaired) electrons. The number of aromatic nitrogens is 1. The molecule has 0 bridgehead atoms. The number of nitrogens with zero attached hydrogens (tertiary/aromatic N) is 3. The van der Waals surface area contributed by atoms with Crippen molar-refractivity contribution in [1.82, 2.24) is 14.8 Å². The summed E-state index contributed by atoms with van der Waals surface area (Å²) in [5, 5.41) is 0. The van der Waals surface area contributed by atoms with Gasteiger partial charge in [-0.25, -0.2) is 0 Å². The fourth-order valence-electron chi connectivity index (χ4n) is 2.53. The molecule has 0 amide bonds. The van der Waals surface area contributed by atoms with Gasteiger partial charge < -0.3 is 14.4 Å². The first-order valence-electron chi connectivity index (χ1n) is 8.09. The van der Waals surface area contributed by atoms with E-state index in [4.69, 9.17) is 9.47 Å². The van der Waals surface area contributed by atoms with Crippen LogP contribution in [-0.2, 0) is 13.1 Å². The van der Waals surface area contributed by atoms with Crippen LogP contribution in [0.3, 0.4) is 0 Å². The zero-order valence-corrected chi connectivity index (χ0v) is 15.0. The van der Waals surface area contributed by atoms with Crippen molar-refractivity contribution in [2.24, 2.45) is 0 Å². The molecule has 0 atom stereocenters. The maximum absolute atomic E-state index is 5.54. The highest BCUT2D eigenvalue weighted by Crippen LogP contribution is 2.26. The fourth-order valence-corrected chi connectivity index (χ4v) is 2.53. The molecule has 0 saturated heterocycles. The summed E-state index contributed by atoms with van der Waals surface area (Å²) >= 11 is 0. The van der Waals surface area contributed by atoms with Crippen LogP contribution in [-0.4, -0.2) is 56.2 Å². The molecule has 0 aliphatic heterocycles. The average Bonchev–Trinajstić information content (AvgIpc) is 2.60. The van der Waals surface area contributed by atoms with Crippen molar-refractivity contribution in [3.05, 3.63) is 53.9 Å². The van der Waals surface area contributed by atoms with Crippen LogP contribution in [0.25, 0.3) is 0 Å². The predicted molar refractivity (Wildman–Crippen MR) is 96.5 cm³/mol.